The van der Waals surface area contributed by atoms with Gasteiger partial charge >= 0.3 is 0 Å². The molecule has 2 rings (SSSR count). The third-order valence-electron chi connectivity index (χ3n) is 3.48. The SMILES string of the molecule is CCCCC(CNC1CC1)c1ccccc1Br. The van der Waals surface area contributed by atoms with Crippen LogP contribution in [0.25, 0.3) is 0 Å². The van der Waals surface area contributed by atoms with E-state index >= 15 is 0 Å². The molecule has 1 unspecified atom stereocenters. The summed E-state index contributed by atoms with van der Waals surface area (Å²) in [5, 5.41) is 3.67. The Kier molecular flexibility index (Phi) is 5.05. The quantitative estimate of drug-likeness (QED) is 0.782. The van der Waals surface area contributed by atoms with Gasteiger partial charge in [0.25, 0.3) is 0 Å². The van der Waals surface area contributed by atoms with Crippen LogP contribution in [0.15, 0.2) is 28.7 Å². The summed E-state index contributed by atoms with van der Waals surface area (Å²) in [6.45, 7) is 3.40. The second kappa shape index (κ2) is 6.55. The fraction of sp³-hybridized carbons (Fsp3) is 0.600. The Labute approximate surface area is 113 Å². The summed E-state index contributed by atoms with van der Waals surface area (Å²) in [6.07, 6.45) is 6.63. The molecule has 0 radical (unpaired) electrons. The molecular weight excluding hydrogens is 274 g/mol. The zero-order valence-electron chi connectivity index (χ0n) is 10.6. The normalized spacial score (nSPS) is 17.1. The molecule has 1 aliphatic rings. The van der Waals surface area contributed by atoms with Crippen LogP contribution in [-0.2, 0) is 0 Å². The Morgan fingerprint density at radius 1 is 1.35 bits per heavy atom. The molecule has 0 saturated heterocycles. The first-order valence-electron chi connectivity index (χ1n) is 6.79. The van der Waals surface area contributed by atoms with Gasteiger partial charge in [0.1, 0.15) is 0 Å². The maximum atomic E-state index is 3.68. The van der Waals surface area contributed by atoms with Crippen molar-refractivity contribution in [3.63, 3.8) is 0 Å². The molecule has 1 atom stereocenters. The molecule has 1 aromatic carbocycles. The molecule has 1 aromatic rings. The van der Waals surface area contributed by atoms with E-state index in [2.05, 4.69) is 52.4 Å². The molecule has 0 heterocycles. The number of halogens is 1. The van der Waals surface area contributed by atoms with E-state index in [0.29, 0.717) is 5.92 Å². The van der Waals surface area contributed by atoms with E-state index in [1.165, 1.54) is 42.1 Å². The van der Waals surface area contributed by atoms with E-state index in [4.69, 9.17) is 0 Å². The van der Waals surface area contributed by atoms with E-state index in [-0.39, 0.29) is 0 Å². The van der Waals surface area contributed by atoms with Crippen molar-refractivity contribution in [2.75, 3.05) is 6.54 Å². The molecule has 1 saturated carbocycles. The average molecular weight is 296 g/mol. The van der Waals surface area contributed by atoms with Gasteiger partial charge < -0.3 is 5.32 Å². The molecule has 94 valence electrons. The van der Waals surface area contributed by atoms with Gasteiger partial charge in [0.05, 0.1) is 0 Å². The lowest BCUT2D eigenvalue weighted by atomic mass is 9.93. The van der Waals surface area contributed by atoms with Crippen LogP contribution in [0.4, 0.5) is 0 Å². The highest BCUT2D eigenvalue weighted by Crippen LogP contribution is 2.29. The lowest BCUT2D eigenvalue weighted by Gasteiger charge is -2.19. The molecule has 1 N–H and O–H groups in total. The second-order valence-corrected chi connectivity index (χ2v) is 5.90. The Bertz CT molecular complexity index is 347. The smallest absolute Gasteiger partial charge is 0.0210 e. The fourth-order valence-corrected chi connectivity index (χ4v) is 2.83. The average Bonchev–Trinajstić information content (AvgIpc) is 3.15. The van der Waals surface area contributed by atoms with Crippen LogP contribution >= 0.6 is 15.9 Å². The zero-order chi connectivity index (χ0) is 12.1. The number of hydrogen-bond donors (Lipinski definition) is 1. The first kappa shape index (κ1) is 13.1. The van der Waals surface area contributed by atoms with E-state index in [0.717, 1.165) is 12.6 Å². The molecule has 0 bridgehead atoms. The van der Waals surface area contributed by atoms with Crippen molar-refractivity contribution >= 4 is 15.9 Å². The molecule has 17 heavy (non-hydrogen) atoms. The van der Waals surface area contributed by atoms with Crippen molar-refractivity contribution < 1.29 is 0 Å². The zero-order valence-corrected chi connectivity index (χ0v) is 12.2. The lowest BCUT2D eigenvalue weighted by Crippen LogP contribution is -2.23. The molecule has 1 nitrogen and oxygen atoms in total. The van der Waals surface area contributed by atoms with Gasteiger partial charge in [-0.2, -0.15) is 0 Å². The maximum absolute atomic E-state index is 3.68. The van der Waals surface area contributed by atoms with E-state index in [1.54, 1.807) is 0 Å². The van der Waals surface area contributed by atoms with Crippen LogP contribution in [0, 0.1) is 0 Å². The first-order chi connectivity index (χ1) is 8.31. The Morgan fingerprint density at radius 3 is 2.76 bits per heavy atom. The molecule has 0 spiro atoms. The third kappa shape index (κ3) is 4.11. The fourth-order valence-electron chi connectivity index (χ4n) is 2.22. The van der Waals surface area contributed by atoms with E-state index in [1.807, 2.05) is 0 Å². The maximum Gasteiger partial charge on any atom is 0.0210 e. The van der Waals surface area contributed by atoms with Crippen LogP contribution in [0.5, 0.6) is 0 Å². The van der Waals surface area contributed by atoms with Crippen LogP contribution in [0.1, 0.15) is 50.5 Å². The topological polar surface area (TPSA) is 12.0 Å². The Hall–Kier alpha value is -0.340. The van der Waals surface area contributed by atoms with E-state index in [9.17, 15) is 0 Å². The predicted octanol–water partition coefficient (Wildman–Crippen LogP) is 4.47. The highest BCUT2D eigenvalue weighted by atomic mass is 79.9. The van der Waals surface area contributed by atoms with Gasteiger partial charge in [0.2, 0.25) is 0 Å². The van der Waals surface area contributed by atoms with Crippen LogP contribution in [0.3, 0.4) is 0 Å². The van der Waals surface area contributed by atoms with Crippen molar-refractivity contribution in [2.24, 2.45) is 0 Å². The second-order valence-electron chi connectivity index (χ2n) is 5.04. The highest BCUT2D eigenvalue weighted by Gasteiger charge is 2.22. The summed E-state index contributed by atoms with van der Waals surface area (Å²) in [5.74, 6) is 0.658. The van der Waals surface area contributed by atoms with Crippen molar-refractivity contribution in [3.05, 3.63) is 34.3 Å². The summed E-state index contributed by atoms with van der Waals surface area (Å²) in [6, 6.07) is 9.47. The van der Waals surface area contributed by atoms with Gasteiger partial charge in [-0.1, -0.05) is 53.9 Å². The number of nitrogens with one attached hydrogen (secondary N) is 1. The summed E-state index contributed by atoms with van der Waals surface area (Å²) in [5.41, 5.74) is 1.47. The number of benzene rings is 1. The molecule has 1 aliphatic carbocycles. The predicted molar refractivity (Wildman–Crippen MR) is 77.4 cm³/mol. The molecule has 0 aliphatic heterocycles. The lowest BCUT2D eigenvalue weighted by molar-refractivity contribution is 0.526. The van der Waals surface area contributed by atoms with Crippen molar-refractivity contribution in [2.45, 2.75) is 51.0 Å². The van der Waals surface area contributed by atoms with Gasteiger partial charge in [-0.3, -0.25) is 0 Å². The number of rotatable bonds is 7. The Morgan fingerprint density at radius 2 is 2.12 bits per heavy atom. The summed E-state index contributed by atoms with van der Waals surface area (Å²) >= 11 is 3.68. The molecule has 2 heteroatoms. The van der Waals surface area contributed by atoms with Crippen LogP contribution in [-0.4, -0.2) is 12.6 Å². The van der Waals surface area contributed by atoms with Gasteiger partial charge in [-0.25, -0.2) is 0 Å². The van der Waals surface area contributed by atoms with Crippen molar-refractivity contribution in [3.8, 4) is 0 Å². The first-order valence-corrected chi connectivity index (χ1v) is 7.58. The molecule has 0 aromatic heterocycles. The Balaban J connectivity index is 1.99. The third-order valence-corrected chi connectivity index (χ3v) is 4.20. The monoisotopic (exact) mass is 295 g/mol. The van der Waals surface area contributed by atoms with Crippen molar-refractivity contribution in [1.29, 1.82) is 0 Å². The van der Waals surface area contributed by atoms with E-state index < -0.39 is 0 Å². The minimum Gasteiger partial charge on any atom is -0.313 e. The van der Waals surface area contributed by atoms with Gasteiger partial charge in [-0.15, -0.1) is 0 Å². The summed E-state index contributed by atoms with van der Waals surface area (Å²) in [4.78, 5) is 0. The van der Waals surface area contributed by atoms with Crippen LogP contribution in [0.2, 0.25) is 0 Å². The minimum atomic E-state index is 0.658. The van der Waals surface area contributed by atoms with Crippen molar-refractivity contribution in [1.82, 2.24) is 5.32 Å². The van der Waals surface area contributed by atoms with Gasteiger partial charge in [0, 0.05) is 17.1 Å². The standard InChI is InChI=1S/C15H22BrN/c1-2-3-6-12(11-17-13-9-10-13)14-7-4-5-8-15(14)16/h4-5,7-8,12-13,17H,2-3,6,9-11H2,1H3. The summed E-state index contributed by atoms with van der Waals surface area (Å²) in [7, 11) is 0. The molecule has 0 amide bonds. The molecule has 1 fully saturated rings. The van der Waals surface area contributed by atoms with Gasteiger partial charge in [-0.05, 0) is 36.8 Å². The summed E-state index contributed by atoms with van der Waals surface area (Å²) < 4.78 is 1.26. The van der Waals surface area contributed by atoms with Gasteiger partial charge in [0.15, 0.2) is 0 Å². The largest absolute Gasteiger partial charge is 0.313 e. The minimum absolute atomic E-state index is 0.658. The van der Waals surface area contributed by atoms with Crippen LogP contribution < -0.4 is 5.32 Å². The molecular formula is C15H22BrN. The number of hydrogen-bond acceptors (Lipinski definition) is 1. The number of unbranched alkanes of at least 4 members (excludes halogenated alkanes) is 1. The highest BCUT2D eigenvalue weighted by molar-refractivity contribution is 9.10.